The van der Waals surface area contributed by atoms with Crippen LogP contribution in [-0.2, 0) is 59.2 Å². The number of primary amides is 1. The van der Waals surface area contributed by atoms with Crippen LogP contribution in [0.1, 0.15) is 52.4 Å². The van der Waals surface area contributed by atoms with E-state index in [9.17, 15) is 53.4 Å². The summed E-state index contributed by atoms with van der Waals surface area (Å²) < 4.78 is 0. The first-order valence-electron chi connectivity index (χ1n) is 22.9. The maximum Gasteiger partial charge on any atom is 0.334 e. The van der Waals surface area contributed by atoms with Crippen LogP contribution >= 0.6 is 0 Å². The minimum Gasteiger partial charge on any atom is -0.508 e. The average molecular weight is 984 g/mol. The SMILES string of the molecule is CC[C@H](NC(=O)NNC(=O)[C@H](Cc1ccccc1)NC(=O)[C@H](Cc1ccccc1)NC(=O)c1ccccc1)C(=O)N[C@@H](Cc1ccccc1)C(=O)N[C@@H](Cc1ccc(O)cc1)C(=O)N[C@@H](CC(=O)O)C(N)=O. The molecule has 20 nitrogen and oxygen atoms in total. The number of aromatic hydroxyl groups is 1. The number of carboxylic acid groups (broad SMARTS) is 1. The molecule has 9 amide bonds. The number of rotatable bonds is 24. The van der Waals surface area contributed by atoms with E-state index in [4.69, 9.17) is 5.73 Å². The normalized spacial score (nSPS) is 13.2. The van der Waals surface area contributed by atoms with Crippen molar-refractivity contribution < 1.29 is 53.4 Å². The number of benzene rings is 5. The summed E-state index contributed by atoms with van der Waals surface area (Å²) in [7, 11) is 0. The lowest BCUT2D eigenvalue weighted by atomic mass is 10.0. The molecule has 0 aliphatic rings. The highest BCUT2D eigenvalue weighted by Gasteiger charge is 2.33. The van der Waals surface area contributed by atoms with Crippen LogP contribution in [-0.4, -0.2) is 99.8 Å². The fourth-order valence-electron chi connectivity index (χ4n) is 7.32. The number of hydrogen-bond donors (Lipinski definition) is 11. The van der Waals surface area contributed by atoms with Gasteiger partial charge >= 0.3 is 12.0 Å². The summed E-state index contributed by atoms with van der Waals surface area (Å²) in [6.45, 7) is 1.58. The van der Waals surface area contributed by atoms with Gasteiger partial charge in [-0.2, -0.15) is 0 Å². The van der Waals surface area contributed by atoms with Crippen LogP contribution < -0.4 is 48.5 Å². The van der Waals surface area contributed by atoms with Crippen LogP contribution in [0.15, 0.2) is 146 Å². The number of carboxylic acids is 1. The van der Waals surface area contributed by atoms with Crippen LogP contribution in [0.3, 0.4) is 0 Å². The van der Waals surface area contributed by atoms with E-state index in [1.807, 2.05) is 6.07 Å². The minimum atomic E-state index is -1.63. The predicted molar refractivity (Wildman–Crippen MR) is 263 cm³/mol. The molecule has 0 bridgehead atoms. The van der Waals surface area contributed by atoms with E-state index >= 15 is 0 Å². The number of phenolic OH excluding ortho intramolecular Hbond substituents is 1. The zero-order chi connectivity index (χ0) is 52.0. The maximum atomic E-state index is 14.1. The van der Waals surface area contributed by atoms with E-state index in [1.54, 1.807) is 122 Å². The van der Waals surface area contributed by atoms with Crippen molar-refractivity contribution >= 4 is 53.4 Å². The summed E-state index contributed by atoms with van der Waals surface area (Å²) in [5.41, 5.74) is 12.6. The van der Waals surface area contributed by atoms with Gasteiger partial charge in [0.15, 0.2) is 0 Å². The minimum absolute atomic E-state index is 0.0129. The fraction of sp³-hybridized carbons (Fsp3) is 0.250. The Morgan fingerprint density at radius 3 is 1.19 bits per heavy atom. The predicted octanol–water partition coefficient (Wildman–Crippen LogP) is 1.47. The van der Waals surface area contributed by atoms with Gasteiger partial charge in [0.1, 0.15) is 42.0 Å². The topological polar surface area (TPSA) is 316 Å². The molecule has 5 aromatic rings. The van der Waals surface area contributed by atoms with Crippen molar-refractivity contribution in [1.82, 2.24) is 42.8 Å². The molecule has 0 spiro atoms. The van der Waals surface area contributed by atoms with Crippen molar-refractivity contribution in [1.29, 1.82) is 0 Å². The van der Waals surface area contributed by atoms with Crippen molar-refractivity contribution in [2.75, 3.05) is 0 Å². The van der Waals surface area contributed by atoms with Crippen molar-refractivity contribution in [2.24, 2.45) is 5.73 Å². The summed E-state index contributed by atoms with van der Waals surface area (Å²) in [5, 5.41) is 34.6. The molecule has 376 valence electrons. The molecule has 0 aromatic heterocycles. The number of amides is 9. The largest absolute Gasteiger partial charge is 0.508 e. The molecule has 0 saturated carbocycles. The third-order valence-corrected chi connectivity index (χ3v) is 11.1. The third-order valence-electron chi connectivity index (χ3n) is 11.1. The molecule has 72 heavy (non-hydrogen) atoms. The second-order valence-electron chi connectivity index (χ2n) is 16.6. The number of hydrogen-bond acceptors (Lipinski definition) is 10. The fourth-order valence-corrected chi connectivity index (χ4v) is 7.32. The summed E-state index contributed by atoms with van der Waals surface area (Å²) in [6, 6.07) is 31.0. The summed E-state index contributed by atoms with van der Waals surface area (Å²) in [5.74, 6) is -7.34. The molecule has 6 atom stereocenters. The van der Waals surface area contributed by atoms with E-state index in [0.717, 1.165) is 5.56 Å². The number of aliphatic carboxylic acids is 1. The monoisotopic (exact) mass is 983 g/mol. The van der Waals surface area contributed by atoms with Gasteiger partial charge in [0.2, 0.25) is 29.5 Å². The zero-order valence-electron chi connectivity index (χ0n) is 39.2. The van der Waals surface area contributed by atoms with E-state index in [2.05, 4.69) is 42.8 Å². The van der Waals surface area contributed by atoms with Gasteiger partial charge in [-0.3, -0.25) is 43.8 Å². The van der Waals surface area contributed by atoms with Crippen molar-refractivity contribution in [3.8, 4) is 5.75 Å². The molecule has 12 N–H and O–H groups in total. The molecule has 0 heterocycles. The Bertz CT molecular complexity index is 2640. The second kappa shape index (κ2) is 27.2. The Labute approximate surface area is 414 Å². The first-order chi connectivity index (χ1) is 34.6. The van der Waals surface area contributed by atoms with Gasteiger partial charge < -0.3 is 47.8 Å². The highest BCUT2D eigenvalue weighted by Crippen LogP contribution is 2.14. The zero-order valence-corrected chi connectivity index (χ0v) is 39.2. The molecule has 0 fully saturated rings. The number of phenols is 1. The Morgan fingerprint density at radius 1 is 0.431 bits per heavy atom. The van der Waals surface area contributed by atoms with Gasteiger partial charge in [0.05, 0.1) is 6.42 Å². The Balaban J connectivity index is 1.29. The van der Waals surface area contributed by atoms with Gasteiger partial charge in [0.25, 0.3) is 11.8 Å². The number of hydrazine groups is 1. The molecule has 0 radical (unpaired) electrons. The lowest BCUT2D eigenvalue weighted by Crippen LogP contribution is -2.61. The third kappa shape index (κ3) is 17.5. The van der Waals surface area contributed by atoms with Crippen LogP contribution in [0, 0.1) is 0 Å². The maximum absolute atomic E-state index is 14.1. The van der Waals surface area contributed by atoms with Crippen LogP contribution in [0.25, 0.3) is 0 Å². The number of urea groups is 1. The lowest BCUT2D eigenvalue weighted by molar-refractivity contribution is -0.140. The van der Waals surface area contributed by atoms with Crippen LogP contribution in [0.4, 0.5) is 4.79 Å². The van der Waals surface area contributed by atoms with Gasteiger partial charge in [-0.05, 0) is 52.9 Å². The highest BCUT2D eigenvalue weighted by molar-refractivity contribution is 5.99. The first kappa shape index (κ1) is 53.9. The number of carbonyl (C=O) groups excluding carboxylic acids is 8. The molecule has 0 unspecified atom stereocenters. The first-order valence-corrected chi connectivity index (χ1v) is 22.9. The van der Waals surface area contributed by atoms with Crippen LogP contribution in [0.5, 0.6) is 5.75 Å². The van der Waals surface area contributed by atoms with E-state index in [1.165, 1.54) is 24.3 Å². The quantitative estimate of drug-likeness (QED) is 0.0394. The summed E-state index contributed by atoms with van der Waals surface area (Å²) in [4.78, 5) is 120. The Hall–Kier alpha value is -9.07. The molecule has 0 aliphatic heterocycles. The smallest absolute Gasteiger partial charge is 0.334 e. The number of nitrogens with two attached hydrogens (primary N) is 1. The summed E-state index contributed by atoms with van der Waals surface area (Å²) >= 11 is 0. The molecule has 5 rings (SSSR count). The standard InChI is InChI=1S/C52H57N9O11/c1-2-38(47(67)56-41(28-33-17-9-4-10-18-33)50(70)57-42(30-35-23-25-37(62)26-24-35)48(68)54-39(45(53)65)31-44(63)64)59-52(72)61-60-51(71)43(29-34-19-11-5-12-20-34)58-49(69)40(27-32-15-7-3-8-16-32)55-46(66)36-21-13-6-14-22-36/h3-26,38-43,62H,2,27-31H2,1H3,(H2,53,65)(H,54,68)(H,55,66)(H,56,67)(H,57,70)(H,58,69)(H,60,71)(H,63,64)(H2,59,61,72)/t38-,39-,40-,41-,42-,43-/m0/s1. The molecule has 0 saturated heterocycles. The van der Waals surface area contributed by atoms with Crippen molar-refractivity contribution in [3.63, 3.8) is 0 Å². The van der Waals surface area contributed by atoms with Gasteiger partial charge in [-0.15, -0.1) is 0 Å². The lowest BCUT2D eigenvalue weighted by Gasteiger charge is -2.26. The van der Waals surface area contributed by atoms with E-state index in [0.29, 0.717) is 22.3 Å². The molecule has 20 heteroatoms. The molecular weight excluding hydrogens is 927 g/mol. The molecular formula is C52H57N9O11. The van der Waals surface area contributed by atoms with Crippen LogP contribution in [0.2, 0.25) is 0 Å². The molecule has 5 aromatic carbocycles. The Morgan fingerprint density at radius 2 is 0.792 bits per heavy atom. The number of nitrogens with one attached hydrogen (secondary N) is 8. The van der Waals surface area contributed by atoms with E-state index in [-0.39, 0.29) is 37.9 Å². The number of carbonyl (C=O) groups is 9. The van der Waals surface area contributed by atoms with Crippen molar-refractivity contribution in [2.45, 2.75) is 81.7 Å². The van der Waals surface area contributed by atoms with E-state index < -0.39 is 96.0 Å². The highest BCUT2D eigenvalue weighted by atomic mass is 16.4. The van der Waals surface area contributed by atoms with Gasteiger partial charge in [-0.25, -0.2) is 10.2 Å². The van der Waals surface area contributed by atoms with Crippen molar-refractivity contribution in [3.05, 3.63) is 173 Å². The Kier molecular flexibility index (Phi) is 20.4. The van der Waals surface area contributed by atoms with Gasteiger partial charge in [0, 0.05) is 31.2 Å². The van der Waals surface area contributed by atoms with Gasteiger partial charge in [-0.1, -0.05) is 128 Å². The second-order valence-corrected chi connectivity index (χ2v) is 16.6. The average Bonchev–Trinajstić information content (AvgIpc) is 3.37. The summed E-state index contributed by atoms with van der Waals surface area (Å²) in [6.07, 6.45) is -1.11. The molecule has 0 aliphatic carbocycles.